The molecule has 0 saturated heterocycles. The monoisotopic (exact) mass is 359 g/mol. The van der Waals surface area contributed by atoms with Gasteiger partial charge in [0.25, 0.3) is 5.56 Å². The van der Waals surface area contributed by atoms with E-state index in [2.05, 4.69) is 9.47 Å². The molecule has 136 valence electrons. The molecule has 0 fully saturated rings. The summed E-state index contributed by atoms with van der Waals surface area (Å²) in [7, 11) is 3.29. The number of esters is 3. The maximum atomic E-state index is 12.6. The van der Waals surface area contributed by atoms with E-state index in [0.717, 1.165) is 32.0 Å². The van der Waals surface area contributed by atoms with Crippen molar-refractivity contribution in [3.05, 3.63) is 69.1 Å². The van der Waals surface area contributed by atoms with Crippen molar-refractivity contribution < 1.29 is 28.6 Å². The summed E-state index contributed by atoms with van der Waals surface area (Å²) in [6, 6.07) is 9.77. The summed E-state index contributed by atoms with van der Waals surface area (Å²) in [6.45, 7) is -0.00441. The molecule has 26 heavy (non-hydrogen) atoms. The molecule has 0 aliphatic rings. The largest absolute Gasteiger partial charge is 0.465 e. The van der Waals surface area contributed by atoms with E-state index in [9.17, 15) is 19.2 Å². The van der Waals surface area contributed by atoms with Crippen LogP contribution in [0.2, 0.25) is 0 Å². The molecule has 0 unspecified atom stereocenters. The summed E-state index contributed by atoms with van der Waals surface area (Å²) in [5.41, 5.74) is -1.09. The third-order valence-electron chi connectivity index (χ3n) is 3.67. The van der Waals surface area contributed by atoms with E-state index in [1.54, 1.807) is 30.3 Å². The van der Waals surface area contributed by atoms with Gasteiger partial charge in [0, 0.05) is 6.07 Å². The minimum absolute atomic E-state index is 0.00441. The summed E-state index contributed by atoms with van der Waals surface area (Å²) in [4.78, 5) is 49.2. The topological polar surface area (TPSA) is 101 Å². The Morgan fingerprint density at radius 3 is 2.00 bits per heavy atom. The van der Waals surface area contributed by atoms with Gasteiger partial charge >= 0.3 is 17.9 Å². The maximum Gasteiger partial charge on any atom is 0.355 e. The molecule has 8 nitrogen and oxygen atoms in total. The molecule has 0 amide bonds. The summed E-state index contributed by atoms with van der Waals surface area (Å²) < 4.78 is 15.1. The van der Waals surface area contributed by atoms with Gasteiger partial charge in [-0.25, -0.2) is 14.4 Å². The molecule has 8 heteroatoms. The molecule has 0 aliphatic heterocycles. The number of ether oxygens (including phenoxy) is 3. The van der Waals surface area contributed by atoms with E-state index in [0.29, 0.717) is 5.56 Å². The Kier molecular flexibility index (Phi) is 5.90. The molecule has 0 radical (unpaired) electrons. The van der Waals surface area contributed by atoms with Gasteiger partial charge in [0.05, 0.1) is 33.4 Å². The molecule has 0 N–H and O–H groups in total. The van der Waals surface area contributed by atoms with Crippen molar-refractivity contribution in [3.8, 4) is 0 Å². The third kappa shape index (κ3) is 3.64. The molecule has 1 heterocycles. The molecule has 1 aromatic carbocycles. The van der Waals surface area contributed by atoms with E-state index in [-0.39, 0.29) is 23.4 Å². The number of carbonyl (C=O) groups is 3. The second kappa shape index (κ2) is 8.11. The van der Waals surface area contributed by atoms with Crippen LogP contribution < -0.4 is 5.56 Å². The maximum absolute atomic E-state index is 12.6. The van der Waals surface area contributed by atoms with Gasteiger partial charge in [0.15, 0.2) is 0 Å². The molecule has 2 aromatic rings. The van der Waals surface area contributed by atoms with E-state index in [4.69, 9.17) is 4.74 Å². The van der Waals surface area contributed by atoms with Crippen LogP contribution in [0.25, 0.3) is 0 Å². The van der Waals surface area contributed by atoms with Gasteiger partial charge in [0.2, 0.25) is 0 Å². The van der Waals surface area contributed by atoms with Crippen LogP contribution in [0.5, 0.6) is 0 Å². The lowest BCUT2D eigenvalue weighted by molar-refractivity contribution is 0.0526. The zero-order valence-electron chi connectivity index (χ0n) is 14.5. The van der Waals surface area contributed by atoms with Crippen molar-refractivity contribution in [3.63, 3.8) is 0 Å². The molecule has 2 rings (SSSR count). The fourth-order valence-electron chi connectivity index (χ4n) is 2.46. The lowest BCUT2D eigenvalue weighted by Gasteiger charge is -2.17. The zero-order valence-corrected chi connectivity index (χ0v) is 14.5. The van der Waals surface area contributed by atoms with Crippen LogP contribution in [0, 0.1) is 0 Å². The Morgan fingerprint density at radius 1 is 0.885 bits per heavy atom. The minimum atomic E-state index is -0.965. The van der Waals surface area contributed by atoms with Crippen LogP contribution in [0.3, 0.4) is 0 Å². The van der Waals surface area contributed by atoms with Crippen LogP contribution in [0.15, 0.2) is 41.2 Å². The molecular formula is C18H17NO7. The summed E-state index contributed by atoms with van der Waals surface area (Å²) in [5, 5.41) is 0. The number of carbonyl (C=O) groups excluding carboxylic acids is 3. The first-order valence-corrected chi connectivity index (χ1v) is 7.51. The van der Waals surface area contributed by atoms with Crippen molar-refractivity contribution >= 4 is 17.9 Å². The van der Waals surface area contributed by atoms with Crippen molar-refractivity contribution in [2.24, 2.45) is 0 Å². The highest BCUT2D eigenvalue weighted by Crippen LogP contribution is 2.18. The number of pyridine rings is 1. The normalized spacial score (nSPS) is 10.1. The molecule has 1 aromatic heterocycles. The van der Waals surface area contributed by atoms with Crippen molar-refractivity contribution in [2.45, 2.75) is 6.54 Å². The predicted molar refractivity (Wildman–Crippen MR) is 90.3 cm³/mol. The SMILES string of the molecule is COC(=O)c1cc(=O)n(Cc2ccccc2)c(C(=O)OC)c1C(=O)OC. The lowest BCUT2D eigenvalue weighted by Crippen LogP contribution is -2.32. The highest BCUT2D eigenvalue weighted by atomic mass is 16.5. The summed E-state index contributed by atoms with van der Waals surface area (Å²) in [6.07, 6.45) is 0. The second-order valence-corrected chi connectivity index (χ2v) is 5.17. The highest BCUT2D eigenvalue weighted by Gasteiger charge is 2.30. The predicted octanol–water partition coefficient (Wildman–Crippen LogP) is 1.26. The average Bonchev–Trinajstić information content (AvgIpc) is 2.67. The number of rotatable bonds is 5. The number of benzene rings is 1. The van der Waals surface area contributed by atoms with Crippen molar-refractivity contribution in [1.29, 1.82) is 0 Å². The third-order valence-corrected chi connectivity index (χ3v) is 3.67. The van der Waals surface area contributed by atoms with Gasteiger partial charge in [-0.05, 0) is 5.56 Å². The van der Waals surface area contributed by atoms with Crippen LogP contribution in [-0.2, 0) is 20.8 Å². The molecule has 0 saturated carbocycles. The minimum Gasteiger partial charge on any atom is -0.465 e. The smallest absolute Gasteiger partial charge is 0.355 e. The van der Waals surface area contributed by atoms with Gasteiger partial charge in [-0.1, -0.05) is 30.3 Å². The zero-order chi connectivity index (χ0) is 19.3. The van der Waals surface area contributed by atoms with Gasteiger partial charge in [0.1, 0.15) is 11.3 Å². The highest BCUT2D eigenvalue weighted by molar-refractivity contribution is 6.09. The summed E-state index contributed by atoms with van der Waals surface area (Å²) >= 11 is 0. The van der Waals surface area contributed by atoms with Crippen molar-refractivity contribution in [2.75, 3.05) is 21.3 Å². The standard InChI is InChI=1S/C18H17NO7/c1-24-16(21)12-9-13(20)19(10-11-7-5-4-6-8-11)15(18(23)26-3)14(12)17(22)25-2/h4-9H,10H2,1-3H3. The number of hydrogen-bond donors (Lipinski definition) is 0. The fraction of sp³-hybridized carbons (Fsp3) is 0.222. The van der Waals surface area contributed by atoms with Crippen LogP contribution in [0.1, 0.15) is 36.8 Å². The van der Waals surface area contributed by atoms with Crippen molar-refractivity contribution in [1.82, 2.24) is 4.57 Å². The number of methoxy groups -OCH3 is 3. The van der Waals surface area contributed by atoms with E-state index < -0.39 is 23.5 Å². The summed E-state index contributed by atoms with van der Waals surface area (Å²) in [5.74, 6) is -2.86. The Balaban J connectivity index is 2.82. The first-order chi connectivity index (χ1) is 12.4. The van der Waals surface area contributed by atoms with Gasteiger partial charge < -0.3 is 14.2 Å². The van der Waals surface area contributed by atoms with Gasteiger partial charge in [-0.3, -0.25) is 9.36 Å². The van der Waals surface area contributed by atoms with Crippen LogP contribution in [-0.4, -0.2) is 43.8 Å². The molecule has 0 bridgehead atoms. The fourth-order valence-corrected chi connectivity index (χ4v) is 2.46. The molecule has 0 aliphatic carbocycles. The molecule has 0 spiro atoms. The first kappa shape index (κ1) is 18.9. The molecule has 0 atom stereocenters. The van der Waals surface area contributed by atoms with Crippen LogP contribution >= 0.6 is 0 Å². The first-order valence-electron chi connectivity index (χ1n) is 7.51. The Morgan fingerprint density at radius 2 is 1.46 bits per heavy atom. The Hall–Kier alpha value is -3.42. The Bertz CT molecular complexity index is 900. The van der Waals surface area contributed by atoms with E-state index in [1.807, 2.05) is 0 Å². The van der Waals surface area contributed by atoms with E-state index >= 15 is 0 Å². The van der Waals surface area contributed by atoms with Gasteiger partial charge in [-0.15, -0.1) is 0 Å². The number of aromatic nitrogens is 1. The quantitative estimate of drug-likeness (QED) is 0.585. The average molecular weight is 359 g/mol. The van der Waals surface area contributed by atoms with E-state index in [1.165, 1.54) is 0 Å². The lowest BCUT2D eigenvalue weighted by atomic mass is 10.0. The Labute approximate surface area is 148 Å². The molecular weight excluding hydrogens is 342 g/mol. The van der Waals surface area contributed by atoms with Crippen LogP contribution in [0.4, 0.5) is 0 Å². The number of hydrogen-bond acceptors (Lipinski definition) is 7. The second-order valence-electron chi connectivity index (χ2n) is 5.17. The van der Waals surface area contributed by atoms with Gasteiger partial charge in [-0.2, -0.15) is 0 Å². The number of nitrogens with zero attached hydrogens (tertiary/aromatic N) is 1.